The van der Waals surface area contributed by atoms with Crippen LogP contribution in [0.3, 0.4) is 0 Å². The zero-order valence-corrected chi connectivity index (χ0v) is 10.2. The van der Waals surface area contributed by atoms with Crippen LogP contribution in [-0.2, 0) is 0 Å². The molecule has 2 rings (SSSR count). The van der Waals surface area contributed by atoms with Crippen molar-refractivity contribution in [2.45, 2.75) is 38.6 Å². The van der Waals surface area contributed by atoms with Gasteiger partial charge >= 0.3 is 0 Å². The molecule has 88 valence electrons. The number of halogens is 2. The first-order valence-corrected chi connectivity index (χ1v) is 6.30. The third kappa shape index (κ3) is 2.49. The zero-order valence-electron chi connectivity index (χ0n) is 9.47. The van der Waals surface area contributed by atoms with Crippen LogP contribution in [0.1, 0.15) is 32.6 Å². The van der Waals surface area contributed by atoms with Gasteiger partial charge in [-0.25, -0.2) is 4.39 Å². The van der Waals surface area contributed by atoms with Crippen LogP contribution in [0.15, 0.2) is 18.2 Å². The van der Waals surface area contributed by atoms with Crippen molar-refractivity contribution in [1.29, 1.82) is 0 Å². The van der Waals surface area contributed by atoms with Crippen LogP contribution in [0.4, 0.5) is 10.1 Å². The van der Waals surface area contributed by atoms with Crippen molar-refractivity contribution in [2.24, 2.45) is 5.92 Å². The first-order chi connectivity index (χ1) is 7.70. The molecule has 0 saturated heterocycles. The summed E-state index contributed by atoms with van der Waals surface area (Å²) in [5, 5.41) is 3.60. The molecule has 0 radical (unpaired) electrons. The maximum Gasteiger partial charge on any atom is 0.143 e. The highest BCUT2D eigenvalue weighted by atomic mass is 35.5. The van der Waals surface area contributed by atoms with Crippen molar-refractivity contribution in [2.75, 3.05) is 5.32 Å². The average Bonchev–Trinajstić information content (AvgIpc) is 2.71. The van der Waals surface area contributed by atoms with Gasteiger partial charge in [-0.15, -0.1) is 0 Å². The summed E-state index contributed by atoms with van der Waals surface area (Å²) in [6.07, 6.45) is 4.92. The Balaban J connectivity index is 2.05. The first-order valence-electron chi connectivity index (χ1n) is 5.92. The molecule has 1 fully saturated rings. The second-order valence-corrected chi connectivity index (χ2v) is 4.89. The molecule has 2 unspecified atom stereocenters. The molecule has 0 bridgehead atoms. The summed E-state index contributed by atoms with van der Waals surface area (Å²) in [4.78, 5) is 0. The van der Waals surface area contributed by atoms with Gasteiger partial charge in [0.2, 0.25) is 0 Å². The molecule has 2 atom stereocenters. The van der Waals surface area contributed by atoms with E-state index in [1.807, 2.05) is 6.07 Å². The summed E-state index contributed by atoms with van der Waals surface area (Å²) in [7, 11) is 0. The molecule has 16 heavy (non-hydrogen) atoms. The maximum absolute atomic E-state index is 13.3. The molecule has 0 aliphatic heterocycles. The lowest BCUT2D eigenvalue weighted by Crippen LogP contribution is -2.23. The Morgan fingerprint density at radius 3 is 2.94 bits per heavy atom. The van der Waals surface area contributed by atoms with Gasteiger partial charge in [0, 0.05) is 11.7 Å². The summed E-state index contributed by atoms with van der Waals surface area (Å²) in [5.74, 6) is 0.372. The van der Waals surface area contributed by atoms with Gasteiger partial charge in [0.05, 0.1) is 5.02 Å². The number of rotatable bonds is 3. The number of nitrogens with one attached hydrogen (secondary N) is 1. The molecule has 1 nitrogen and oxygen atoms in total. The third-order valence-corrected chi connectivity index (χ3v) is 3.76. The third-order valence-electron chi connectivity index (χ3n) is 3.46. The van der Waals surface area contributed by atoms with E-state index in [2.05, 4.69) is 12.2 Å². The lowest BCUT2D eigenvalue weighted by atomic mass is 10.0. The number of hydrogen-bond donors (Lipinski definition) is 1. The number of anilines is 1. The number of hydrogen-bond acceptors (Lipinski definition) is 1. The highest BCUT2D eigenvalue weighted by molar-refractivity contribution is 6.30. The predicted molar refractivity (Wildman–Crippen MR) is 66.5 cm³/mol. The van der Waals surface area contributed by atoms with Crippen LogP contribution in [-0.4, -0.2) is 6.04 Å². The van der Waals surface area contributed by atoms with Crippen LogP contribution >= 0.6 is 11.6 Å². The van der Waals surface area contributed by atoms with Gasteiger partial charge in [-0.3, -0.25) is 0 Å². The van der Waals surface area contributed by atoms with Gasteiger partial charge in [0.1, 0.15) is 5.82 Å². The van der Waals surface area contributed by atoms with Crippen LogP contribution in [0.25, 0.3) is 0 Å². The molecule has 1 aliphatic rings. The van der Waals surface area contributed by atoms with Gasteiger partial charge in [-0.1, -0.05) is 31.4 Å². The number of benzene rings is 1. The molecule has 1 N–H and O–H groups in total. The van der Waals surface area contributed by atoms with E-state index in [0.717, 1.165) is 11.6 Å². The molecule has 0 heterocycles. The van der Waals surface area contributed by atoms with Gasteiger partial charge in [-0.05, 0) is 37.0 Å². The summed E-state index contributed by atoms with van der Waals surface area (Å²) in [6, 6.07) is 5.42. The summed E-state index contributed by atoms with van der Waals surface area (Å²) < 4.78 is 13.3. The van der Waals surface area contributed by atoms with Crippen LogP contribution in [0.2, 0.25) is 5.02 Å². The minimum Gasteiger partial charge on any atom is -0.382 e. The molecule has 1 aliphatic carbocycles. The lowest BCUT2D eigenvalue weighted by molar-refractivity contribution is 0.489. The minimum absolute atomic E-state index is 0.184. The van der Waals surface area contributed by atoms with Crippen LogP contribution < -0.4 is 5.32 Å². The van der Waals surface area contributed by atoms with E-state index in [1.165, 1.54) is 31.7 Å². The highest BCUT2D eigenvalue weighted by Gasteiger charge is 2.25. The van der Waals surface area contributed by atoms with Crippen molar-refractivity contribution < 1.29 is 4.39 Å². The van der Waals surface area contributed by atoms with Gasteiger partial charge in [-0.2, -0.15) is 0 Å². The molecule has 3 heteroatoms. The fraction of sp³-hybridized carbons (Fsp3) is 0.538. The van der Waals surface area contributed by atoms with E-state index < -0.39 is 0 Å². The summed E-state index contributed by atoms with van der Waals surface area (Å²) in [6.45, 7) is 2.22. The molecule has 1 aromatic rings. The Morgan fingerprint density at radius 2 is 2.25 bits per heavy atom. The molecule has 1 aromatic carbocycles. The van der Waals surface area contributed by atoms with Crippen LogP contribution in [0, 0.1) is 11.7 Å². The standard InChI is InChI=1S/C13H17ClFN/c1-2-9-4-3-5-13(9)16-10-6-7-11(14)12(15)8-10/h6-9,13,16H,2-5H2,1H3. The maximum atomic E-state index is 13.3. The van der Waals surface area contributed by atoms with E-state index in [-0.39, 0.29) is 10.8 Å². The Hall–Kier alpha value is -0.760. The van der Waals surface area contributed by atoms with Crippen LogP contribution in [0.5, 0.6) is 0 Å². The SMILES string of the molecule is CCC1CCCC1Nc1ccc(Cl)c(F)c1. The Morgan fingerprint density at radius 1 is 1.44 bits per heavy atom. The zero-order chi connectivity index (χ0) is 11.5. The van der Waals surface area contributed by atoms with Crippen molar-refractivity contribution in [3.8, 4) is 0 Å². The van der Waals surface area contributed by atoms with Gasteiger partial charge in [0.15, 0.2) is 0 Å². The molecule has 0 spiro atoms. The summed E-state index contributed by atoms with van der Waals surface area (Å²) in [5.41, 5.74) is 0.840. The Labute approximate surface area is 101 Å². The fourth-order valence-electron chi connectivity index (χ4n) is 2.52. The van der Waals surface area contributed by atoms with Gasteiger partial charge in [0.25, 0.3) is 0 Å². The van der Waals surface area contributed by atoms with E-state index in [4.69, 9.17) is 11.6 Å². The second-order valence-electron chi connectivity index (χ2n) is 4.48. The molecule has 1 saturated carbocycles. The molecule has 0 amide bonds. The smallest absolute Gasteiger partial charge is 0.143 e. The van der Waals surface area contributed by atoms with Crippen molar-refractivity contribution in [3.05, 3.63) is 29.0 Å². The summed E-state index contributed by atoms with van der Waals surface area (Å²) >= 11 is 5.65. The van der Waals surface area contributed by atoms with Crippen molar-refractivity contribution >= 4 is 17.3 Å². The normalized spacial score (nSPS) is 24.7. The first kappa shape index (κ1) is 11.7. The lowest BCUT2D eigenvalue weighted by Gasteiger charge is -2.20. The predicted octanol–water partition coefficient (Wildman–Crippen LogP) is 4.47. The van der Waals surface area contributed by atoms with Crippen molar-refractivity contribution in [3.63, 3.8) is 0 Å². The van der Waals surface area contributed by atoms with E-state index in [1.54, 1.807) is 6.07 Å². The van der Waals surface area contributed by atoms with Crippen molar-refractivity contribution in [1.82, 2.24) is 0 Å². The molecule has 0 aromatic heterocycles. The van der Waals surface area contributed by atoms with E-state index in [9.17, 15) is 4.39 Å². The quantitative estimate of drug-likeness (QED) is 0.823. The minimum atomic E-state index is -0.349. The van der Waals surface area contributed by atoms with E-state index >= 15 is 0 Å². The Bertz CT molecular complexity index is 367. The molecular weight excluding hydrogens is 225 g/mol. The Kier molecular flexibility index (Phi) is 3.70. The monoisotopic (exact) mass is 241 g/mol. The fourth-order valence-corrected chi connectivity index (χ4v) is 2.63. The highest BCUT2D eigenvalue weighted by Crippen LogP contribution is 2.31. The topological polar surface area (TPSA) is 12.0 Å². The largest absolute Gasteiger partial charge is 0.382 e. The average molecular weight is 242 g/mol. The van der Waals surface area contributed by atoms with Gasteiger partial charge < -0.3 is 5.32 Å². The second kappa shape index (κ2) is 5.05. The molecular formula is C13H17ClFN. The van der Waals surface area contributed by atoms with E-state index in [0.29, 0.717) is 6.04 Å².